The minimum absolute atomic E-state index is 0.0885. The molecule has 0 amide bonds. The first-order chi connectivity index (χ1) is 5.93. The zero-order valence-corrected chi connectivity index (χ0v) is 8.29. The molecule has 0 aliphatic rings. The Morgan fingerprint density at radius 1 is 1.23 bits per heavy atom. The highest BCUT2D eigenvalue weighted by Gasteiger charge is 2.23. The normalized spacial score (nSPS) is 11.3. The van der Waals surface area contributed by atoms with Crippen LogP contribution in [0, 0.1) is 5.41 Å². The lowest BCUT2D eigenvalue weighted by Gasteiger charge is -2.17. The maximum absolute atomic E-state index is 11.8. The van der Waals surface area contributed by atoms with Crippen LogP contribution in [-0.2, 0) is 0 Å². The minimum Gasteiger partial charge on any atom is -0.398 e. The molecule has 0 unspecified atom stereocenters. The molecule has 0 aliphatic carbocycles. The molecular formula is C11H15NO. The van der Waals surface area contributed by atoms with E-state index in [9.17, 15) is 4.79 Å². The summed E-state index contributed by atoms with van der Waals surface area (Å²) in [4.78, 5) is 11.8. The smallest absolute Gasteiger partial charge is 0.170 e. The number of benzene rings is 1. The molecule has 0 spiro atoms. The monoisotopic (exact) mass is 177 g/mol. The van der Waals surface area contributed by atoms with E-state index in [-0.39, 0.29) is 11.2 Å². The van der Waals surface area contributed by atoms with Crippen LogP contribution < -0.4 is 5.73 Å². The molecule has 0 bridgehead atoms. The van der Waals surface area contributed by atoms with Gasteiger partial charge in [-0.25, -0.2) is 0 Å². The Hall–Kier alpha value is -1.31. The average molecular weight is 177 g/mol. The van der Waals surface area contributed by atoms with Gasteiger partial charge in [-0.1, -0.05) is 32.9 Å². The molecule has 0 fully saturated rings. The van der Waals surface area contributed by atoms with Crippen molar-refractivity contribution in [1.29, 1.82) is 0 Å². The van der Waals surface area contributed by atoms with Gasteiger partial charge in [0.15, 0.2) is 5.78 Å². The van der Waals surface area contributed by atoms with E-state index < -0.39 is 0 Å². The lowest BCUT2D eigenvalue weighted by Crippen LogP contribution is -2.21. The first kappa shape index (κ1) is 9.78. The van der Waals surface area contributed by atoms with Crippen molar-refractivity contribution in [2.75, 3.05) is 5.73 Å². The predicted molar refractivity (Wildman–Crippen MR) is 54.6 cm³/mol. The zero-order chi connectivity index (χ0) is 10.1. The molecule has 2 N–H and O–H groups in total. The minimum atomic E-state index is -0.366. The molecule has 0 aromatic heterocycles. The lowest BCUT2D eigenvalue weighted by molar-refractivity contribution is 0.0859. The molecule has 0 saturated carbocycles. The van der Waals surface area contributed by atoms with Gasteiger partial charge in [0.1, 0.15) is 0 Å². The maximum Gasteiger partial charge on any atom is 0.170 e. The number of rotatable bonds is 1. The fraction of sp³-hybridized carbons (Fsp3) is 0.364. The van der Waals surface area contributed by atoms with Crippen LogP contribution >= 0.6 is 0 Å². The largest absolute Gasteiger partial charge is 0.398 e. The summed E-state index contributed by atoms with van der Waals surface area (Å²) >= 11 is 0. The van der Waals surface area contributed by atoms with Gasteiger partial charge in [0.05, 0.1) is 0 Å². The Labute approximate surface area is 78.8 Å². The molecule has 0 aliphatic heterocycles. The molecule has 1 aromatic rings. The van der Waals surface area contributed by atoms with Crippen LogP contribution in [0.5, 0.6) is 0 Å². The molecule has 0 saturated heterocycles. The standard InChI is InChI=1S/C11H15NO/c1-11(2,3)10(13)8-6-4-5-7-9(8)12/h4-7H,12H2,1-3H3. The van der Waals surface area contributed by atoms with E-state index >= 15 is 0 Å². The topological polar surface area (TPSA) is 43.1 Å². The molecule has 0 radical (unpaired) electrons. The molecule has 0 heterocycles. The number of hydrogen-bond donors (Lipinski definition) is 1. The van der Waals surface area contributed by atoms with Crippen molar-refractivity contribution in [3.63, 3.8) is 0 Å². The quantitative estimate of drug-likeness (QED) is 0.529. The molecule has 2 heteroatoms. The number of carbonyl (C=O) groups is 1. The van der Waals surface area contributed by atoms with Gasteiger partial charge < -0.3 is 5.73 Å². The van der Waals surface area contributed by atoms with Gasteiger partial charge in [0.25, 0.3) is 0 Å². The summed E-state index contributed by atoms with van der Waals surface area (Å²) in [5, 5.41) is 0. The van der Waals surface area contributed by atoms with Crippen molar-refractivity contribution in [3.05, 3.63) is 29.8 Å². The Bertz CT molecular complexity index is 323. The summed E-state index contributed by atoms with van der Waals surface area (Å²) in [5.74, 6) is 0.0885. The number of hydrogen-bond acceptors (Lipinski definition) is 2. The number of nitrogen functional groups attached to an aromatic ring is 1. The number of para-hydroxylation sites is 1. The van der Waals surface area contributed by atoms with Gasteiger partial charge in [-0.05, 0) is 12.1 Å². The molecule has 1 aromatic carbocycles. The molecule has 1 rings (SSSR count). The third-order valence-corrected chi connectivity index (χ3v) is 1.89. The van der Waals surface area contributed by atoms with E-state index in [1.807, 2.05) is 32.9 Å². The molecule has 2 nitrogen and oxygen atoms in total. The summed E-state index contributed by atoms with van der Waals surface area (Å²) in [6, 6.07) is 7.17. The molecule has 0 atom stereocenters. The van der Waals surface area contributed by atoms with Crippen molar-refractivity contribution in [1.82, 2.24) is 0 Å². The highest BCUT2D eigenvalue weighted by molar-refractivity contribution is 6.03. The number of nitrogens with two attached hydrogens (primary N) is 1. The summed E-state index contributed by atoms with van der Waals surface area (Å²) in [7, 11) is 0. The van der Waals surface area contributed by atoms with E-state index in [2.05, 4.69) is 0 Å². The van der Waals surface area contributed by atoms with Gasteiger partial charge in [-0.3, -0.25) is 4.79 Å². The zero-order valence-electron chi connectivity index (χ0n) is 8.29. The second-order valence-electron chi connectivity index (χ2n) is 4.17. The van der Waals surface area contributed by atoms with Crippen molar-refractivity contribution in [2.45, 2.75) is 20.8 Å². The van der Waals surface area contributed by atoms with Crippen molar-refractivity contribution in [2.24, 2.45) is 5.41 Å². The highest BCUT2D eigenvalue weighted by Crippen LogP contribution is 2.23. The van der Waals surface area contributed by atoms with Gasteiger partial charge in [-0.2, -0.15) is 0 Å². The first-order valence-electron chi connectivity index (χ1n) is 4.32. The average Bonchev–Trinajstić information content (AvgIpc) is 2.02. The fourth-order valence-electron chi connectivity index (χ4n) is 1.11. The Balaban J connectivity index is 3.10. The van der Waals surface area contributed by atoms with Crippen LogP contribution in [0.4, 0.5) is 5.69 Å². The van der Waals surface area contributed by atoms with Crippen LogP contribution in [0.3, 0.4) is 0 Å². The van der Waals surface area contributed by atoms with Crippen LogP contribution in [0.15, 0.2) is 24.3 Å². The first-order valence-corrected chi connectivity index (χ1v) is 4.32. The lowest BCUT2D eigenvalue weighted by atomic mass is 9.86. The van der Waals surface area contributed by atoms with E-state index in [0.29, 0.717) is 11.3 Å². The van der Waals surface area contributed by atoms with Crippen LogP contribution in [0.1, 0.15) is 31.1 Å². The summed E-state index contributed by atoms with van der Waals surface area (Å²) < 4.78 is 0. The van der Waals surface area contributed by atoms with Crippen LogP contribution in [-0.4, -0.2) is 5.78 Å². The Kier molecular flexibility index (Phi) is 2.41. The number of ketones is 1. The summed E-state index contributed by atoms with van der Waals surface area (Å²) in [6.07, 6.45) is 0. The Morgan fingerprint density at radius 2 is 1.77 bits per heavy atom. The SMILES string of the molecule is CC(C)(C)C(=O)c1ccccc1N. The fourth-order valence-corrected chi connectivity index (χ4v) is 1.11. The second kappa shape index (κ2) is 3.21. The maximum atomic E-state index is 11.8. The van der Waals surface area contributed by atoms with Crippen molar-refractivity contribution >= 4 is 11.5 Å². The van der Waals surface area contributed by atoms with E-state index in [4.69, 9.17) is 5.73 Å². The van der Waals surface area contributed by atoms with Gasteiger partial charge in [-0.15, -0.1) is 0 Å². The summed E-state index contributed by atoms with van der Waals surface area (Å²) in [6.45, 7) is 5.67. The van der Waals surface area contributed by atoms with Crippen LogP contribution in [0.2, 0.25) is 0 Å². The number of carbonyl (C=O) groups excluding carboxylic acids is 1. The summed E-state index contributed by atoms with van der Waals surface area (Å²) in [5.41, 5.74) is 6.51. The van der Waals surface area contributed by atoms with E-state index in [0.717, 1.165) is 0 Å². The molecular weight excluding hydrogens is 162 g/mol. The second-order valence-corrected chi connectivity index (χ2v) is 4.17. The van der Waals surface area contributed by atoms with Gasteiger partial charge in [0, 0.05) is 16.7 Å². The van der Waals surface area contributed by atoms with Crippen LogP contribution in [0.25, 0.3) is 0 Å². The number of Topliss-reactive ketones (excluding diaryl/α,β-unsaturated/α-hetero) is 1. The molecule has 70 valence electrons. The van der Waals surface area contributed by atoms with Gasteiger partial charge in [0.2, 0.25) is 0 Å². The third kappa shape index (κ3) is 2.08. The third-order valence-electron chi connectivity index (χ3n) is 1.89. The predicted octanol–water partition coefficient (Wildman–Crippen LogP) is 2.50. The van der Waals surface area contributed by atoms with Crippen molar-refractivity contribution in [3.8, 4) is 0 Å². The van der Waals surface area contributed by atoms with Gasteiger partial charge >= 0.3 is 0 Å². The Morgan fingerprint density at radius 3 is 2.23 bits per heavy atom. The molecule has 13 heavy (non-hydrogen) atoms. The highest BCUT2D eigenvalue weighted by atomic mass is 16.1. The van der Waals surface area contributed by atoms with E-state index in [1.165, 1.54) is 0 Å². The van der Waals surface area contributed by atoms with Crippen molar-refractivity contribution < 1.29 is 4.79 Å². The van der Waals surface area contributed by atoms with E-state index in [1.54, 1.807) is 12.1 Å². The number of anilines is 1.